The minimum absolute atomic E-state index is 0.0432. The molecular weight excluding hydrogens is 318 g/mol. The zero-order chi connectivity index (χ0) is 17.2. The second-order valence-electron chi connectivity index (χ2n) is 5.98. The van der Waals surface area contributed by atoms with Crippen LogP contribution in [0.25, 0.3) is 22.2 Å². The molecular formula is C20H17NO4. The maximum absolute atomic E-state index is 12.4. The number of carbonyl (C=O) groups is 2. The number of fused-ring (bicyclic) bond motifs is 1. The summed E-state index contributed by atoms with van der Waals surface area (Å²) in [5, 5.41) is 1.05. The molecule has 1 saturated heterocycles. The van der Waals surface area contributed by atoms with E-state index in [9.17, 15) is 9.59 Å². The highest BCUT2D eigenvalue weighted by atomic mass is 16.6. The van der Waals surface area contributed by atoms with E-state index in [0.717, 1.165) is 22.2 Å². The Balaban J connectivity index is 1.68. The molecule has 5 heteroatoms. The first kappa shape index (κ1) is 15.4. The van der Waals surface area contributed by atoms with Crippen LogP contribution in [0, 0.1) is 0 Å². The molecule has 2 heterocycles. The predicted molar refractivity (Wildman–Crippen MR) is 92.8 cm³/mol. The summed E-state index contributed by atoms with van der Waals surface area (Å²) in [6, 6.07) is 19.8. The second kappa shape index (κ2) is 6.43. The predicted octanol–water partition coefficient (Wildman–Crippen LogP) is 3.17. The van der Waals surface area contributed by atoms with Gasteiger partial charge in [0.05, 0.1) is 6.61 Å². The SMILES string of the molecule is O=C(Cn1c(-c2ccccc2)cc2ccccc21)O[C@H]1CCOC1=O. The summed E-state index contributed by atoms with van der Waals surface area (Å²) in [6.45, 7) is 0.347. The Morgan fingerprint density at radius 2 is 1.88 bits per heavy atom. The number of aromatic nitrogens is 1. The summed E-state index contributed by atoms with van der Waals surface area (Å²) in [5.74, 6) is -0.906. The van der Waals surface area contributed by atoms with Gasteiger partial charge in [-0.05, 0) is 17.7 Å². The van der Waals surface area contributed by atoms with Gasteiger partial charge in [0.15, 0.2) is 0 Å². The molecule has 5 nitrogen and oxygen atoms in total. The largest absolute Gasteiger partial charge is 0.463 e. The minimum atomic E-state index is -0.783. The highest BCUT2D eigenvalue weighted by Gasteiger charge is 2.30. The van der Waals surface area contributed by atoms with E-state index < -0.39 is 18.0 Å². The number of nitrogens with zero attached hydrogens (tertiary/aromatic N) is 1. The van der Waals surface area contributed by atoms with Crippen molar-refractivity contribution >= 4 is 22.8 Å². The number of rotatable bonds is 4. The van der Waals surface area contributed by atoms with E-state index in [1.165, 1.54) is 0 Å². The minimum Gasteiger partial charge on any atom is -0.463 e. The van der Waals surface area contributed by atoms with Crippen LogP contribution < -0.4 is 0 Å². The third kappa shape index (κ3) is 3.01. The van der Waals surface area contributed by atoms with Gasteiger partial charge >= 0.3 is 11.9 Å². The Kier molecular flexibility index (Phi) is 3.98. The number of hydrogen-bond acceptors (Lipinski definition) is 4. The van der Waals surface area contributed by atoms with Crippen molar-refractivity contribution in [2.24, 2.45) is 0 Å². The van der Waals surface area contributed by atoms with Crippen molar-refractivity contribution in [2.45, 2.75) is 19.1 Å². The fourth-order valence-electron chi connectivity index (χ4n) is 3.14. The van der Waals surface area contributed by atoms with Crippen molar-refractivity contribution in [3.8, 4) is 11.3 Å². The monoisotopic (exact) mass is 335 g/mol. The lowest BCUT2D eigenvalue weighted by atomic mass is 10.1. The van der Waals surface area contributed by atoms with Crippen molar-refractivity contribution in [3.63, 3.8) is 0 Å². The average Bonchev–Trinajstić information content (AvgIpc) is 3.20. The van der Waals surface area contributed by atoms with Gasteiger partial charge in [0.25, 0.3) is 0 Å². The summed E-state index contributed by atoms with van der Waals surface area (Å²) in [4.78, 5) is 23.9. The maximum atomic E-state index is 12.4. The van der Waals surface area contributed by atoms with Gasteiger partial charge in [0, 0.05) is 23.0 Å². The lowest BCUT2D eigenvalue weighted by Gasteiger charge is -2.12. The van der Waals surface area contributed by atoms with Gasteiger partial charge in [0.2, 0.25) is 6.10 Å². The number of esters is 2. The quantitative estimate of drug-likeness (QED) is 0.687. The zero-order valence-corrected chi connectivity index (χ0v) is 13.6. The summed E-state index contributed by atoms with van der Waals surface area (Å²) in [5.41, 5.74) is 2.91. The molecule has 0 saturated carbocycles. The molecule has 2 aromatic carbocycles. The first-order chi connectivity index (χ1) is 12.2. The van der Waals surface area contributed by atoms with Gasteiger partial charge in [-0.3, -0.25) is 4.79 Å². The molecule has 0 aliphatic carbocycles. The van der Waals surface area contributed by atoms with Gasteiger partial charge in [0.1, 0.15) is 6.54 Å². The van der Waals surface area contributed by atoms with Crippen LogP contribution in [0.15, 0.2) is 60.7 Å². The maximum Gasteiger partial charge on any atom is 0.347 e. The standard InChI is InChI=1S/C20H17NO4/c22-19(25-18-10-11-24-20(18)23)13-21-16-9-5-4-8-15(16)12-17(21)14-6-2-1-3-7-14/h1-9,12,18H,10-11,13H2/t18-/m0/s1. The molecule has 0 N–H and O–H groups in total. The molecule has 0 spiro atoms. The summed E-state index contributed by atoms with van der Waals surface area (Å²) >= 11 is 0. The Hall–Kier alpha value is -3.08. The number of carbonyl (C=O) groups excluding carboxylic acids is 2. The molecule has 0 amide bonds. The molecule has 0 unspecified atom stereocenters. The lowest BCUT2D eigenvalue weighted by molar-refractivity contribution is -0.160. The highest BCUT2D eigenvalue weighted by Crippen LogP contribution is 2.28. The van der Waals surface area contributed by atoms with Gasteiger partial charge < -0.3 is 14.0 Å². The third-order valence-corrected chi connectivity index (χ3v) is 4.33. The third-order valence-electron chi connectivity index (χ3n) is 4.33. The lowest BCUT2D eigenvalue weighted by Crippen LogP contribution is -2.25. The average molecular weight is 335 g/mol. The van der Waals surface area contributed by atoms with Gasteiger partial charge in [-0.15, -0.1) is 0 Å². The number of benzene rings is 2. The molecule has 25 heavy (non-hydrogen) atoms. The molecule has 1 aliphatic heterocycles. The Labute approximate surface area is 144 Å². The Morgan fingerprint density at radius 1 is 1.12 bits per heavy atom. The fraction of sp³-hybridized carbons (Fsp3) is 0.200. The molecule has 1 atom stereocenters. The number of ether oxygens (including phenoxy) is 2. The van der Waals surface area contributed by atoms with Crippen molar-refractivity contribution in [3.05, 3.63) is 60.7 Å². The molecule has 1 fully saturated rings. The molecule has 1 aliphatic rings. The van der Waals surface area contributed by atoms with E-state index in [2.05, 4.69) is 6.07 Å². The molecule has 0 bridgehead atoms. The van der Waals surface area contributed by atoms with E-state index in [0.29, 0.717) is 13.0 Å². The van der Waals surface area contributed by atoms with Crippen LogP contribution in [0.4, 0.5) is 0 Å². The Bertz CT molecular complexity index is 929. The van der Waals surface area contributed by atoms with Crippen molar-refractivity contribution in [1.29, 1.82) is 0 Å². The van der Waals surface area contributed by atoms with Crippen LogP contribution in [0.2, 0.25) is 0 Å². The summed E-state index contributed by atoms with van der Waals surface area (Å²) in [6.07, 6.45) is -0.364. The fourth-order valence-corrected chi connectivity index (χ4v) is 3.14. The van der Waals surface area contributed by atoms with E-state index in [1.54, 1.807) is 0 Å². The van der Waals surface area contributed by atoms with Crippen molar-refractivity contribution in [2.75, 3.05) is 6.61 Å². The van der Waals surface area contributed by atoms with Crippen LogP contribution in [0.3, 0.4) is 0 Å². The zero-order valence-electron chi connectivity index (χ0n) is 13.6. The molecule has 0 radical (unpaired) electrons. The van der Waals surface area contributed by atoms with Crippen LogP contribution in [-0.4, -0.2) is 29.2 Å². The van der Waals surface area contributed by atoms with Gasteiger partial charge in [-0.1, -0.05) is 48.5 Å². The van der Waals surface area contributed by atoms with E-state index >= 15 is 0 Å². The first-order valence-electron chi connectivity index (χ1n) is 8.22. The summed E-state index contributed by atoms with van der Waals surface area (Å²) < 4.78 is 12.1. The van der Waals surface area contributed by atoms with Gasteiger partial charge in [-0.25, -0.2) is 4.79 Å². The smallest absolute Gasteiger partial charge is 0.347 e. The first-order valence-corrected chi connectivity index (χ1v) is 8.22. The Morgan fingerprint density at radius 3 is 2.64 bits per heavy atom. The van der Waals surface area contributed by atoms with E-state index in [4.69, 9.17) is 9.47 Å². The van der Waals surface area contributed by atoms with Crippen molar-refractivity contribution < 1.29 is 19.1 Å². The van der Waals surface area contributed by atoms with Crippen LogP contribution in [-0.2, 0) is 25.6 Å². The van der Waals surface area contributed by atoms with E-state index in [-0.39, 0.29) is 6.54 Å². The summed E-state index contributed by atoms with van der Waals surface area (Å²) in [7, 11) is 0. The number of para-hydroxylation sites is 1. The van der Waals surface area contributed by atoms with E-state index in [1.807, 2.05) is 59.2 Å². The number of hydrogen-bond donors (Lipinski definition) is 0. The number of cyclic esters (lactones) is 1. The molecule has 3 aromatic rings. The topological polar surface area (TPSA) is 57.5 Å². The van der Waals surface area contributed by atoms with Crippen LogP contribution in [0.1, 0.15) is 6.42 Å². The van der Waals surface area contributed by atoms with Crippen LogP contribution >= 0.6 is 0 Å². The second-order valence-corrected chi connectivity index (χ2v) is 5.98. The molecule has 126 valence electrons. The normalized spacial score (nSPS) is 16.8. The van der Waals surface area contributed by atoms with Crippen molar-refractivity contribution in [1.82, 2.24) is 4.57 Å². The molecule has 1 aromatic heterocycles. The molecule has 4 rings (SSSR count). The van der Waals surface area contributed by atoms with Crippen LogP contribution in [0.5, 0.6) is 0 Å². The highest BCUT2D eigenvalue weighted by molar-refractivity contribution is 5.89. The van der Waals surface area contributed by atoms with Gasteiger partial charge in [-0.2, -0.15) is 0 Å².